The van der Waals surface area contributed by atoms with Gasteiger partial charge in [-0.25, -0.2) is 9.67 Å². The summed E-state index contributed by atoms with van der Waals surface area (Å²) in [4.78, 5) is 16.8. The second-order valence-electron chi connectivity index (χ2n) is 6.79. The van der Waals surface area contributed by atoms with Crippen molar-refractivity contribution < 1.29 is 9.53 Å². The van der Waals surface area contributed by atoms with Crippen molar-refractivity contribution in [2.45, 2.75) is 20.5 Å². The van der Waals surface area contributed by atoms with Gasteiger partial charge in [-0.15, -0.1) is 16.4 Å². The number of hydrogen-bond acceptors (Lipinski definition) is 7. The Morgan fingerprint density at radius 1 is 1.19 bits per heavy atom. The van der Waals surface area contributed by atoms with Crippen molar-refractivity contribution in [1.82, 2.24) is 25.2 Å². The third kappa shape index (κ3) is 5.40. The first-order chi connectivity index (χ1) is 15.1. The van der Waals surface area contributed by atoms with Gasteiger partial charge in [0.05, 0.1) is 16.4 Å². The van der Waals surface area contributed by atoms with Crippen molar-refractivity contribution >= 4 is 29.0 Å². The van der Waals surface area contributed by atoms with Crippen molar-refractivity contribution in [3.8, 4) is 11.4 Å². The van der Waals surface area contributed by atoms with Gasteiger partial charge in [-0.1, -0.05) is 18.2 Å². The summed E-state index contributed by atoms with van der Waals surface area (Å²) in [5, 5.41) is 17.0. The zero-order chi connectivity index (χ0) is 21.6. The van der Waals surface area contributed by atoms with Crippen LogP contribution in [0.3, 0.4) is 0 Å². The largest absolute Gasteiger partial charge is 0.487 e. The van der Waals surface area contributed by atoms with Crippen molar-refractivity contribution in [3.63, 3.8) is 0 Å². The first kappa shape index (κ1) is 20.4. The maximum Gasteiger partial charge on any atom is 0.248 e. The first-order valence-corrected chi connectivity index (χ1v) is 10.4. The Bertz CT molecular complexity index is 1200. The molecule has 2 aromatic carbocycles. The van der Waals surface area contributed by atoms with Crippen LogP contribution >= 0.6 is 11.3 Å². The number of carbonyl (C=O) groups is 1. The summed E-state index contributed by atoms with van der Waals surface area (Å²) in [7, 11) is 0. The number of nitrogens with one attached hydrogen (secondary N) is 1. The number of hydrogen-bond donors (Lipinski definition) is 1. The number of nitrogens with zero attached hydrogens (tertiary/aromatic N) is 5. The Morgan fingerprint density at radius 2 is 2.03 bits per heavy atom. The third-order valence-electron chi connectivity index (χ3n) is 4.45. The van der Waals surface area contributed by atoms with Crippen LogP contribution in [0.15, 0.2) is 60.2 Å². The van der Waals surface area contributed by atoms with Crippen molar-refractivity contribution in [1.29, 1.82) is 0 Å². The summed E-state index contributed by atoms with van der Waals surface area (Å²) in [6.45, 7) is 4.33. The number of ether oxygens (including phenoxy) is 1. The smallest absolute Gasteiger partial charge is 0.248 e. The van der Waals surface area contributed by atoms with E-state index < -0.39 is 0 Å². The normalized spacial score (nSPS) is 11.0. The number of tetrazole rings is 1. The standard InChI is InChI=1S/C22H20N6O2S/c1-15-3-7-19(28-14-23-26-27-28)11-21(15)25-22(29)10-6-17-4-8-20(9-5-17)30-12-18-13-31-16(2)24-18/h3-11,13-14H,12H2,1-2H3,(H,25,29)/b10-6+. The Labute approximate surface area is 183 Å². The minimum Gasteiger partial charge on any atom is -0.487 e. The lowest BCUT2D eigenvalue weighted by molar-refractivity contribution is -0.111. The van der Waals surface area contributed by atoms with Gasteiger partial charge < -0.3 is 10.1 Å². The molecule has 0 fully saturated rings. The van der Waals surface area contributed by atoms with Crippen molar-refractivity contribution in [2.75, 3.05) is 5.32 Å². The number of anilines is 1. The van der Waals surface area contributed by atoms with Gasteiger partial charge in [0.1, 0.15) is 18.7 Å². The Hall–Kier alpha value is -3.85. The van der Waals surface area contributed by atoms with Crippen LogP contribution in [0.4, 0.5) is 5.69 Å². The number of aryl methyl sites for hydroxylation is 2. The fraction of sp³-hybridized carbons (Fsp3) is 0.136. The third-order valence-corrected chi connectivity index (χ3v) is 5.28. The van der Waals surface area contributed by atoms with Crippen molar-refractivity contribution in [2.24, 2.45) is 0 Å². The average molecular weight is 433 g/mol. The molecule has 0 unspecified atom stereocenters. The van der Waals surface area contributed by atoms with E-state index in [0.29, 0.717) is 12.3 Å². The van der Waals surface area contributed by atoms with Crippen LogP contribution in [0.2, 0.25) is 0 Å². The fourth-order valence-corrected chi connectivity index (χ4v) is 3.42. The number of carbonyl (C=O) groups excluding carboxylic acids is 1. The molecule has 0 saturated carbocycles. The molecule has 0 aliphatic rings. The average Bonchev–Trinajstić information content (AvgIpc) is 3.45. The van der Waals surface area contributed by atoms with E-state index in [1.54, 1.807) is 17.4 Å². The minimum atomic E-state index is -0.226. The Morgan fingerprint density at radius 3 is 2.74 bits per heavy atom. The van der Waals surface area contributed by atoms with E-state index in [-0.39, 0.29) is 5.91 Å². The predicted octanol–water partition coefficient (Wildman–Crippen LogP) is 3.97. The van der Waals surface area contributed by atoms with Crippen LogP contribution in [0, 0.1) is 13.8 Å². The molecule has 0 saturated heterocycles. The predicted molar refractivity (Wildman–Crippen MR) is 119 cm³/mol. The number of benzene rings is 2. The molecule has 1 amide bonds. The highest BCUT2D eigenvalue weighted by Crippen LogP contribution is 2.19. The van der Waals surface area contributed by atoms with Crippen LogP contribution in [0.1, 0.15) is 21.8 Å². The van der Waals surface area contributed by atoms with Gasteiger partial charge in [0, 0.05) is 17.1 Å². The SMILES string of the molecule is Cc1nc(COc2ccc(/C=C/C(=O)Nc3cc(-n4cnnn4)ccc3C)cc2)cs1. The molecule has 4 rings (SSSR count). The number of rotatable bonds is 7. The molecule has 0 atom stereocenters. The van der Waals surface area contributed by atoms with Gasteiger partial charge in [0.25, 0.3) is 0 Å². The van der Waals surface area contributed by atoms with E-state index in [0.717, 1.165) is 33.3 Å². The van der Waals surface area contributed by atoms with Crippen LogP contribution in [-0.4, -0.2) is 31.1 Å². The molecule has 1 N–H and O–H groups in total. The lowest BCUT2D eigenvalue weighted by Gasteiger charge is -2.09. The second-order valence-corrected chi connectivity index (χ2v) is 7.85. The zero-order valence-electron chi connectivity index (χ0n) is 17.0. The first-order valence-electron chi connectivity index (χ1n) is 9.54. The van der Waals surface area contributed by atoms with E-state index in [2.05, 4.69) is 25.8 Å². The molecule has 9 heteroatoms. The molecule has 31 heavy (non-hydrogen) atoms. The molecule has 2 heterocycles. The van der Waals surface area contributed by atoms with Gasteiger partial charge in [0.2, 0.25) is 5.91 Å². The fourth-order valence-electron chi connectivity index (χ4n) is 2.82. The molecule has 8 nitrogen and oxygen atoms in total. The molecule has 0 aliphatic heterocycles. The highest BCUT2D eigenvalue weighted by Gasteiger charge is 2.06. The van der Waals surface area contributed by atoms with Gasteiger partial charge in [-0.05, 0) is 65.7 Å². The molecular weight excluding hydrogens is 412 g/mol. The van der Waals surface area contributed by atoms with E-state index >= 15 is 0 Å². The van der Waals surface area contributed by atoms with E-state index in [1.165, 1.54) is 17.1 Å². The highest BCUT2D eigenvalue weighted by atomic mass is 32.1. The Balaban J connectivity index is 1.35. The van der Waals surface area contributed by atoms with Gasteiger partial charge >= 0.3 is 0 Å². The maximum absolute atomic E-state index is 12.4. The number of thiazole rings is 1. The summed E-state index contributed by atoms with van der Waals surface area (Å²) in [6.07, 6.45) is 4.75. The molecule has 0 radical (unpaired) electrons. The zero-order valence-corrected chi connectivity index (χ0v) is 17.8. The summed E-state index contributed by atoms with van der Waals surface area (Å²) in [5.41, 5.74) is 4.21. The summed E-state index contributed by atoms with van der Waals surface area (Å²) < 4.78 is 7.28. The molecule has 0 aliphatic carbocycles. The number of aromatic nitrogens is 5. The molecule has 0 spiro atoms. The molecule has 4 aromatic rings. The van der Waals surface area contributed by atoms with Crippen LogP contribution in [-0.2, 0) is 11.4 Å². The molecule has 0 bridgehead atoms. The van der Waals surface area contributed by atoms with Gasteiger partial charge in [-0.3, -0.25) is 4.79 Å². The maximum atomic E-state index is 12.4. The second kappa shape index (κ2) is 9.31. The molecule has 2 aromatic heterocycles. The van der Waals surface area contributed by atoms with Gasteiger partial charge in [0.15, 0.2) is 0 Å². The Kier molecular flexibility index (Phi) is 6.13. The highest BCUT2D eigenvalue weighted by molar-refractivity contribution is 7.09. The van der Waals surface area contributed by atoms with Crippen LogP contribution in [0.5, 0.6) is 5.75 Å². The quantitative estimate of drug-likeness (QED) is 0.444. The van der Waals surface area contributed by atoms with Crippen LogP contribution < -0.4 is 10.1 Å². The summed E-state index contributed by atoms with van der Waals surface area (Å²) in [6, 6.07) is 13.2. The summed E-state index contributed by atoms with van der Waals surface area (Å²) >= 11 is 1.60. The van der Waals surface area contributed by atoms with E-state index in [9.17, 15) is 4.79 Å². The summed E-state index contributed by atoms with van der Waals surface area (Å²) in [5.74, 6) is 0.526. The monoisotopic (exact) mass is 432 g/mol. The van der Waals surface area contributed by atoms with Gasteiger partial charge in [-0.2, -0.15) is 0 Å². The minimum absolute atomic E-state index is 0.226. The lowest BCUT2D eigenvalue weighted by atomic mass is 10.1. The van der Waals surface area contributed by atoms with E-state index in [4.69, 9.17) is 4.74 Å². The lowest BCUT2D eigenvalue weighted by Crippen LogP contribution is -2.09. The molecular formula is C22H20N6O2S. The van der Waals surface area contributed by atoms with Crippen LogP contribution in [0.25, 0.3) is 11.8 Å². The number of amides is 1. The topological polar surface area (TPSA) is 94.8 Å². The molecule has 156 valence electrons. The van der Waals surface area contributed by atoms with E-state index in [1.807, 2.05) is 61.7 Å². The van der Waals surface area contributed by atoms with Crippen molar-refractivity contribution in [3.05, 3.63) is 82.1 Å².